The van der Waals surface area contributed by atoms with Gasteiger partial charge in [-0.05, 0) is 30.9 Å². The van der Waals surface area contributed by atoms with Crippen LogP contribution in [0.25, 0.3) is 0 Å². The fraction of sp³-hybridized carbons (Fsp3) is 0.533. The first-order valence-corrected chi connectivity index (χ1v) is 6.98. The second kappa shape index (κ2) is 8.87. The number of hydrogen-bond acceptors (Lipinski definition) is 4. The molecule has 118 valence electrons. The van der Waals surface area contributed by atoms with Crippen LogP contribution in [0.2, 0.25) is 0 Å². The van der Waals surface area contributed by atoms with Crippen LogP contribution in [-0.4, -0.2) is 38.8 Å². The number of amides is 1. The van der Waals surface area contributed by atoms with E-state index in [-0.39, 0.29) is 24.4 Å². The Kier molecular flexibility index (Phi) is 7.50. The van der Waals surface area contributed by atoms with Crippen LogP contribution < -0.4 is 15.8 Å². The highest BCUT2D eigenvalue weighted by molar-refractivity contribution is 5.97. The van der Waals surface area contributed by atoms with Gasteiger partial charge in [-0.25, -0.2) is 0 Å². The summed E-state index contributed by atoms with van der Waals surface area (Å²) in [4.78, 5) is 12.3. The third kappa shape index (κ3) is 5.19. The Morgan fingerprint density at radius 2 is 2.10 bits per heavy atom. The number of nitrogens with two attached hydrogens (primary N) is 1. The summed E-state index contributed by atoms with van der Waals surface area (Å²) >= 11 is 0. The molecule has 0 heterocycles. The normalized spacial score (nSPS) is 15.0. The van der Waals surface area contributed by atoms with E-state index in [1.807, 2.05) is 12.1 Å². The van der Waals surface area contributed by atoms with Crippen molar-refractivity contribution in [2.45, 2.75) is 18.9 Å². The third-order valence-electron chi connectivity index (χ3n) is 3.44. The number of rotatable bonds is 8. The van der Waals surface area contributed by atoms with Gasteiger partial charge in [0.15, 0.2) is 0 Å². The van der Waals surface area contributed by atoms with Crippen LogP contribution in [0.3, 0.4) is 0 Å². The van der Waals surface area contributed by atoms with Crippen molar-refractivity contribution < 1.29 is 14.3 Å². The van der Waals surface area contributed by atoms with Gasteiger partial charge in [-0.1, -0.05) is 12.1 Å². The second-order valence-electron chi connectivity index (χ2n) is 4.99. The van der Waals surface area contributed by atoms with Gasteiger partial charge in [-0.2, -0.15) is 0 Å². The molecule has 1 unspecified atom stereocenters. The Hall–Kier alpha value is -1.30. The van der Waals surface area contributed by atoms with Gasteiger partial charge in [0.1, 0.15) is 12.4 Å². The molecule has 0 radical (unpaired) electrons. The van der Waals surface area contributed by atoms with Gasteiger partial charge < -0.3 is 20.5 Å². The lowest BCUT2D eigenvalue weighted by Gasteiger charge is -2.17. The molecule has 1 aromatic carbocycles. The Balaban J connectivity index is 0.00000220. The summed E-state index contributed by atoms with van der Waals surface area (Å²) in [5, 5.41) is 3.00. The Bertz CT molecular complexity index is 452. The first-order valence-electron chi connectivity index (χ1n) is 6.98. The van der Waals surface area contributed by atoms with Crippen LogP contribution in [0.15, 0.2) is 24.3 Å². The predicted molar refractivity (Wildman–Crippen MR) is 84.1 cm³/mol. The van der Waals surface area contributed by atoms with Gasteiger partial charge in [-0.3, -0.25) is 4.79 Å². The average molecular weight is 315 g/mol. The molecule has 1 amide bonds. The van der Waals surface area contributed by atoms with Gasteiger partial charge >= 0.3 is 0 Å². The molecule has 0 saturated heterocycles. The fourth-order valence-electron chi connectivity index (χ4n) is 2.13. The predicted octanol–water partition coefficient (Wildman–Crippen LogP) is 1.60. The summed E-state index contributed by atoms with van der Waals surface area (Å²) in [6.07, 6.45) is 2.29. The maximum absolute atomic E-state index is 12.3. The van der Waals surface area contributed by atoms with Crippen LogP contribution >= 0.6 is 12.4 Å². The van der Waals surface area contributed by atoms with Crippen LogP contribution in [0.5, 0.6) is 5.75 Å². The standard InChI is InChI=1S/C15H22N2O3.ClH/c1-19-8-9-20-14-5-3-2-4-12(14)15(18)17-13(10-16)11-6-7-11;/h2-5,11,13H,6-10,16H2,1H3,(H,17,18);1H. The lowest BCUT2D eigenvalue weighted by Crippen LogP contribution is -2.41. The van der Waals surface area contributed by atoms with Crippen LogP contribution in [-0.2, 0) is 4.74 Å². The van der Waals surface area contributed by atoms with E-state index in [0.29, 0.717) is 37.0 Å². The first kappa shape index (κ1) is 17.8. The molecule has 1 saturated carbocycles. The molecule has 0 spiro atoms. The van der Waals surface area contributed by atoms with Crippen molar-refractivity contribution in [1.82, 2.24) is 5.32 Å². The summed E-state index contributed by atoms with van der Waals surface area (Å²) in [5.41, 5.74) is 6.26. The number of carbonyl (C=O) groups excluding carboxylic acids is 1. The molecular formula is C15H23ClN2O3. The van der Waals surface area contributed by atoms with Crippen molar-refractivity contribution in [3.8, 4) is 5.75 Å². The minimum absolute atomic E-state index is 0. The van der Waals surface area contributed by atoms with Crippen molar-refractivity contribution in [3.63, 3.8) is 0 Å². The summed E-state index contributed by atoms with van der Waals surface area (Å²) in [7, 11) is 1.61. The topological polar surface area (TPSA) is 73.6 Å². The molecule has 1 atom stereocenters. The fourth-order valence-corrected chi connectivity index (χ4v) is 2.13. The highest BCUT2D eigenvalue weighted by atomic mass is 35.5. The van der Waals surface area contributed by atoms with Gasteiger partial charge in [0.25, 0.3) is 5.91 Å². The molecule has 0 aliphatic heterocycles. The highest BCUT2D eigenvalue weighted by Crippen LogP contribution is 2.32. The lowest BCUT2D eigenvalue weighted by atomic mass is 10.1. The Morgan fingerprint density at radius 3 is 2.71 bits per heavy atom. The van der Waals surface area contributed by atoms with E-state index in [1.54, 1.807) is 19.2 Å². The van der Waals surface area contributed by atoms with E-state index in [1.165, 1.54) is 0 Å². The number of halogens is 1. The summed E-state index contributed by atoms with van der Waals surface area (Å²) < 4.78 is 10.5. The van der Waals surface area contributed by atoms with E-state index < -0.39 is 0 Å². The molecule has 6 heteroatoms. The average Bonchev–Trinajstić information content (AvgIpc) is 3.30. The molecule has 1 aromatic rings. The van der Waals surface area contributed by atoms with Gasteiger partial charge in [0.05, 0.1) is 12.2 Å². The Labute approximate surface area is 131 Å². The van der Waals surface area contributed by atoms with Crippen LogP contribution in [0.4, 0.5) is 0 Å². The van der Waals surface area contributed by atoms with Crippen molar-refractivity contribution in [2.24, 2.45) is 11.7 Å². The number of hydrogen-bond donors (Lipinski definition) is 2. The van der Waals surface area contributed by atoms with Crippen molar-refractivity contribution in [3.05, 3.63) is 29.8 Å². The molecule has 1 fully saturated rings. The summed E-state index contributed by atoms with van der Waals surface area (Å²) in [6.45, 7) is 1.39. The molecule has 0 bridgehead atoms. The zero-order chi connectivity index (χ0) is 14.4. The number of para-hydroxylation sites is 1. The number of methoxy groups -OCH3 is 1. The van der Waals surface area contributed by atoms with Crippen LogP contribution in [0.1, 0.15) is 23.2 Å². The van der Waals surface area contributed by atoms with E-state index in [4.69, 9.17) is 15.2 Å². The molecule has 3 N–H and O–H groups in total. The van der Waals surface area contributed by atoms with E-state index >= 15 is 0 Å². The van der Waals surface area contributed by atoms with E-state index in [0.717, 1.165) is 12.8 Å². The molecule has 2 rings (SSSR count). The number of carbonyl (C=O) groups is 1. The maximum Gasteiger partial charge on any atom is 0.255 e. The van der Waals surface area contributed by atoms with Gasteiger partial charge in [0.2, 0.25) is 0 Å². The Morgan fingerprint density at radius 1 is 1.38 bits per heavy atom. The first-order chi connectivity index (χ1) is 9.76. The van der Waals surface area contributed by atoms with Gasteiger partial charge in [0, 0.05) is 19.7 Å². The SMILES string of the molecule is COCCOc1ccccc1C(=O)NC(CN)C1CC1.Cl. The minimum atomic E-state index is -0.125. The minimum Gasteiger partial charge on any atom is -0.490 e. The number of nitrogens with one attached hydrogen (secondary N) is 1. The highest BCUT2D eigenvalue weighted by Gasteiger charge is 2.31. The summed E-state index contributed by atoms with van der Waals surface area (Å²) in [5.74, 6) is 0.986. The molecule has 5 nitrogen and oxygen atoms in total. The molecule has 21 heavy (non-hydrogen) atoms. The quantitative estimate of drug-likeness (QED) is 0.715. The van der Waals surface area contributed by atoms with Crippen molar-refractivity contribution >= 4 is 18.3 Å². The number of benzene rings is 1. The monoisotopic (exact) mass is 314 g/mol. The smallest absolute Gasteiger partial charge is 0.255 e. The van der Waals surface area contributed by atoms with E-state index in [9.17, 15) is 4.79 Å². The zero-order valence-electron chi connectivity index (χ0n) is 12.2. The molecule has 1 aliphatic carbocycles. The second-order valence-corrected chi connectivity index (χ2v) is 4.99. The largest absolute Gasteiger partial charge is 0.490 e. The lowest BCUT2D eigenvalue weighted by molar-refractivity contribution is 0.0926. The maximum atomic E-state index is 12.3. The van der Waals surface area contributed by atoms with Crippen molar-refractivity contribution in [2.75, 3.05) is 26.9 Å². The van der Waals surface area contributed by atoms with Gasteiger partial charge in [-0.15, -0.1) is 12.4 Å². The molecular weight excluding hydrogens is 292 g/mol. The van der Waals surface area contributed by atoms with Crippen molar-refractivity contribution in [1.29, 1.82) is 0 Å². The zero-order valence-corrected chi connectivity index (χ0v) is 13.0. The van der Waals surface area contributed by atoms with Crippen LogP contribution in [0, 0.1) is 5.92 Å². The molecule has 0 aromatic heterocycles. The van der Waals surface area contributed by atoms with E-state index in [2.05, 4.69) is 5.32 Å². The third-order valence-corrected chi connectivity index (χ3v) is 3.44. The summed E-state index contributed by atoms with van der Waals surface area (Å²) in [6, 6.07) is 7.29. The molecule has 1 aliphatic rings. The number of ether oxygens (including phenoxy) is 2.